The lowest BCUT2D eigenvalue weighted by Crippen LogP contribution is -2.36. The van der Waals surface area contributed by atoms with Gasteiger partial charge in [0.15, 0.2) is 6.10 Å². The van der Waals surface area contributed by atoms with Gasteiger partial charge < -0.3 is 26.2 Å². The molecule has 3 rings (SSSR count). The van der Waals surface area contributed by atoms with E-state index in [1.807, 2.05) is 42.5 Å². The Labute approximate surface area is 193 Å². The monoisotopic (exact) mass is 452 g/mol. The summed E-state index contributed by atoms with van der Waals surface area (Å²) in [4.78, 5) is 17.3. The molecular formula is C24H28N4O3S. The predicted molar refractivity (Wildman–Crippen MR) is 130 cm³/mol. The highest BCUT2D eigenvalue weighted by atomic mass is 32.1. The van der Waals surface area contributed by atoms with Crippen LogP contribution in [0.1, 0.15) is 12.5 Å². The number of carbonyl (C=O) groups is 1. The molecule has 0 aliphatic heterocycles. The fourth-order valence-electron chi connectivity index (χ4n) is 2.95. The number of phenolic OH excluding ortho intramolecular Hbond substituents is 1. The third-order valence-electron chi connectivity index (χ3n) is 4.82. The zero-order chi connectivity index (χ0) is 22.9. The minimum Gasteiger partial charge on any atom is -0.508 e. The van der Waals surface area contributed by atoms with E-state index >= 15 is 0 Å². The van der Waals surface area contributed by atoms with E-state index in [-0.39, 0.29) is 24.2 Å². The molecule has 0 aliphatic rings. The molecule has 0 saturated heterocycles. The van der Waals surface area contributed by atoms with Gasteiger partial charge in [-0.1, -0.05) is 48.5 Å². The van der Waals surface area contributed by atoms with Crippen LogP contribution in [-0.2, 0) is 11.3 Å². The van der Waals surface area contributed by atoms with Crippen LogP contribution in [0.25, 0.3) is 11.3 Å². The van der Waals surface area contributed by atoms with Gasteiger partial charge in [-0.3, -0.25) is 4.79 Å². The lowest BCUT2D eigenvalue weighted by Gasteiger charge is -2.19. The van der Waals surface area contributed by atoms with Gasteiger partial charge in [0.25, 0.3) is 5.91 Å². The third kappa shape index (κ3) is 6.38. The van der Waals surface area contributed by atoms with Crippen molar-refractivity contribution in [3.05, 3.63) is 72.3 Å². The van der Waals surface area contributed by atoms with Crippen molar-refractivity contribution in [2.75, 3.05) is 17.6 Å². The summed E-state index contributed by atoms with van der Waals surface area (Å²) in [6.45, 7) is 2.33. The van der Waals surface area contributed by atoms with E-state index in [1.54, 1.807) is 31.2 Å². The Hall–Kier alpha value is -3.23. The zero-order valence-corrected chi connectivity index (χ0v) is 18.8. The number of nitrogens with two attached hydrogens (primary N) is 1. The number of hydrogen-bond donors (Lipinski definition) is 5. The summed E-state index contributed by atoms with van der Waals surface area (Å²) in [6, 6.07) is 20.2. The maximum Gasteiger partial charge on any atom is 0.261 e. The molecule has 1 aromatic heterocycles. The largest absolute Gasteiger partial charge is 0.508 e. The van der Waals surface area contributed by atoms with Crippen LogP contribution in [0.3, 0.4) is 0 Å². The number of ether oxygens (including phenoxy) is 1. The van der Waals surface area contributed by atoms with Crippen molar-refractivity contribution in [1.82, 2.24) is 10.3 Å². The number of nitrogens with zero attached hydrogens (tertiary/aromatic N) is 1. The minimum atomic E-state index is -0.807. The lowest BCUT2D eigenvalue weighted by atomic mass is 10.1. The lowest BCUT2D eigenvalue weighted by molar-refractivity contribution is -0.127. The number of thiol groups is 1. The zero-order valence-electron chi connectivity index (χ0n) is 17.9. The smallest absolute Gasteiger partial charge is 0.261 e. The predicted octanol–water partition coefficient (Wildman–Crippen LogP) is 3.21. The molecule has 0 fully saturated rings. The maximum atomic E-state index is 12.6. The van der Waals surface area contributed by atoms with Crippen molar-refractivity contribution in [2.24, 2.45) is 5.73 Å². The van der Waals surface area contributed by atoms with Crippen LogP contribution in [0.15, 0.2) is 66.7 Å². The summed E-state index contributed by atoms with van der Waals surface area (Å²) in [5, 5.41) is 15.9. The second-order valence-electron chi connectivity index (χ2n) is 7.35. The number of pyridine rings is 1. The topological polar surface area (TPSA) is 110 Å². The Morgan fingerprint density at radius 2 is 1.84 bits per heavy atom. The molecule has 7 nitrogen and oxygen atoms in total. The first-order valence-corrected chi connectivity index (χ1v) is 11.0. The second kappa shape index (κ2) is 11.4. The number of benzene rings is 2. The van der Waals surface area contributed by atoms with Crippen LogP contribution in [0.4, 0.5) is 5.69 Å². The van der Waals surface area contributed by atoms with Gasteiger partial charge in [-0.05, 0) is 25.1 Å². The van der Waals surface area contributed by atoms with Crippen molar-refractivity contribution in [1.29, 1.82) is 0 Å². The Kier molecular flexibility index (Phi) is 8.35. The van der Waals surface area contributed by atoms with Crippen molar-refractivity contribution < 1.29 is 14.6 Å². The highest BCUT2D eigenvalue weighted by molar-refractivity contribution is 7.80. The third-order valence-corrected chi connectivity index (χ3v) is 5.29. The minimum absolute atomic E-state index is 0.130. The molecule has 1 amide bonds. The molecule has 5 N–H and O–H groups in total. The second-order valence-corrected chi connectivity index (χ2v) is 7.71. The molecule has 2 aromatic carbocycles. The molecule has 168 valence electrons. The van der Waals surface area contributed by atoms with Gasteiger partial charge in [0.05, 0.1) is 11.4 Å². The van der Waals surface area contributed by atoms with E-state index in [4.69, 9.17) is 10.5 Å². The number of aromatic nitrogens is 1. The molecule has 2 atom stereocenters. The summed E-state index contributed by atoms with van der Waals surface area (Å²) >= 11 is 4.21. The van der Waals surface area contributed by atoms with Crippen LogP contribution < -0.4 is 21.1 Å². The molecule has 3 aromatic rings. The molecule has 0 radical (unpaired) electrons. The highest BCUT2D eigenvalue weighted by Gasteiger charge is 2.19. The Morgan fingerprint density at radius 1 is 1.12 bits per heavy atom. The summed E-state index contributed by atoms with van der Waals surface area (Å²) < 4.78 is 5.95. The normalized spacial score (nSPS) is 12.6. The summed E-state index contributed by atoms with van der Waals surface area (Å²) in [5.41, 5.74) is 8.90. The number of phenols is 1. The molecule has 0 saturated carbocycles. The van der Waals surface area contributed by atoms with E-state index in [1.165, 1.54) is 0 Å². The molecule has 2 unspecified atom stereocenters. The van der Waals surface area contributed by atoms with E-state index in [0.717, 1.165) is 11.3 Å². The number of nitrogens with one attached hydrogen (secondary N) is 2. The van der Waals surface area contributed by atoms with Gasteiger partial charge in [0, 0.05) is 36.0 Å². The standard InChI is InChI=1S/C24H28N4O3S/c1-16(23(30)27-13-18-9-5-6-10-22(18)29)31-24-21(26-14-19(25)15-32)12-11-20(28-24)17-7-3-2-4-8-17/h2-12,16,19,26,29,32H,13-15,25H2,1H3,(H,27,30). The average molecular weight is 453 g/mol. The van der Waals surface area contributed by atoms with Crippen LogP contribution in [0.2, 0.25) is 0 Å². The van der Waals surface area contributed by atoms with Gasteiger partial charge in [-0.2, -0.15) is 12.6 Å². The first-order valence-electron chi connectivity index (χ1n) is 10.4. The molecule has 8 heteroatoms. The van der Waals surface area contributed by atoms with Crippen molar-refractivity contribution in [3.8, 4) is 22.9 Å². The van der Waals surface area contributed by atoms with Gasteiger partial charge in [0.1, 0.15) is 5.75 Å². The molecule has 32 heavy (non-hydrogen) atoms. The van der Waals surface area contributed by atoms with Crippen LogP contribution in [0, 0.1) is 0 Å². The van der Waals surface area contributed by atoms with Crippen molar-refractivity contribution >= 4 is 24.2 Å². The number of aromatic hydroxyl groups is 1. The quantitative estimate of drug-likeness (QED) is 0.302. The first-order chi connectivity index (χ1) is 15.5. The van der Waals surface area contributed by atoms with Crippen LogP contribution in [0.5, 0.6) is 11.6 Å². The number of anilines is 1. The number of hydrogen-bond acceptors (Lipinski definition) is 7. The van der Waals surface area contributed by atoms with Crippen LogP contribution >= 0.6 is 12.6 Å². The average Bonchev–Trinajstić information content (AvgIpc) is 2.82. The summed E-state index contributed by atoms with van der Waals surface area (Å²) in [7, 11) is 0. The number of para-hydroxylation sites is 1. The van der Waals surface area contributed by atoms with Gasteiger partial charge in [-0.15, -0.1) is 0 Å². The van der Waals surface area contributed by atoms with Gasteiger partial charge >= 0.3 is 0 Å². The van der Waals surface area contributed by atoms with E-state index in [2.05, 4.69) is 28.2 Å². The van der Waals surface area contributed by atoms with Gasteiger partial charge in [0.2, 0.25) is 5.88 Å². The number of amides is 1. The Balaban J connectivity index is 1.75. The van der Waals surface area contributed by atoms with Gasteiger partial charge in [-0.25, -0.2) is 4.98 Å². The SMILES string of the molecule is CC(Oc1nc(-c2ccccc2)ccc1NCC(N)CS)C(=O)NCc1ccccc1O. The molecule has 1 heterocycles. The van der Waals surface area contributed by atoms with E-state index < -0.39 is 6.10 Å². The fourth-order valence-corrected chi connectivity index (χ4v) is 3.08. The molecule has 0 spiro atoms. The molecule has 0 aliphatic carbocycles. The Morgan fingerprint density at radius 3 is 2.56 bits per heavy atom. The summed E-state index contributed by atoms with van der Waals surface area (Å²) in [5.74, 6) is 0.649. The van der Waals surface area contributed by atoms with Crippen molar-refractivity contribution in [3.63, 3.8) is 0 Å². The van der Waals surface area contributed by atoms with Crippen LogP contribution in [-0.4, -0.2) is 40.4 Å². The summed E-state index contributed by atoms with van der Waals surface area (Å²) in [6.07, 6.45) is -0.807. The molecule has 0 bridgehead atoms. The van der Waals surface area contributed by atoms with Crippen molar-refractivity contribution in [2.45, 2.75) is 25.6 Å². The van der Waals surface area contributed by atoms with E-state index in [9.17, 15) is 9.90 Å². The maximum absolute atomic E-state index is 12.6. The number of carbonyl (C=O) groups excluding carboxylic acids is 1. The number of rotatable bonds is 10. The first kappa shape index (κ1) is 23.4. The molecular weight excluding hydrogens is 424 g/mol. The Bertz CT molecular complexity index is 1030. The fraction of sp³-hybridized carbons (Fsp3) is 0.250. The van der Waals surface area contributed by atoms with E-state index in [0.29, 0.717) is 29.4 Å². The highest BCUT2D eigenvalue weighted by Crippen LogP contribution is 2.28.